The zero-order chi connectivity index (χ0) is 22.0. The van der Waals surface area contributed by atoms with Gasteiger partial charge in [-0.3, -0.25) is 9.59 Å². The first kappa shape index (κ1) is 21.1. The molecule has 8 nitrogen and oxygen atoms in total. The Morgan fingerprint density at radius 1 is 1.06 bits per heavy atom. The number of furan rings is 1. The standard InChI is InChI=1S/C22H23N3O5S/c1-14(26)25-15-6-9-17(10-7-15)31(28,29)24-12-16-8-11-21(30-16)20-13-23-22(27)19-5-3-2-4-18(19)20/h6-11,13,24H,2-5,12H2,1H3,(H,23,27)(H,25,26). The number of anilines is 1. The summed E-state index contributed by atoms with van der Waals surface area (Å²) in [6, 6.07) is 9.41. The SMILES string of the molecule is CC(=O)Nc1ccc(S(=O)(=O)NCc2ccc(-c3c[nH]c(=O)c4c3CCCC4)o2)cc1. The van der Waals surface area contributed by atoms with E-state index in [1.165, 1.54) is 31.2 Å². The van der Waals surface area contributed by atoms with E-state index in [1.54, 1.807) is 18.3 Å². The van der Waals surface area contributed by atoms with Crippen molar-refractivity contribution in [3.05, 3.63) is 69.8 Å². The lowest BCUT2D eigenvalue weighted by atomic mass is 9.89. The van der Waals surface area contributed by atoms with Crippen LogP contribution in [0.2, 0.25) is 0 Å². The summed E-state index contributed by atoms with van der Waals surface area (Å²) in [5.74, 6) is 0.832. The highest BCUT2D eigenvalue weighted by Crippen LogP contribution is 2.30. The molecule has 0 saturated carbocycles. The number of aromatic amines is 1. The molecule has 3 aromatic rings. The number of amides is 1. The molecule has 4 rings (SSSR count). The fraction of sp³-hybridized carbons (Fsp3) is 0.273. The van der Waals surface area contributed by atoms with Crippen molar-refractivity contribution in [3.8, 4) is 11.3 Å². The van der Waals surface area contributed by atoms with Crippen molar-refractivity contribution >= 4 is 21.6 Å². The van der Waals surface area contributed by atoms with Crippen LogP contribution in [0.4, 0.5) is 5.69 Å². The summed E-state index contributed by atoms with van der Waals surface area (Å²) in [5, 5.41) is 2.59. The number of hydrogen-bond donors (Lipinski definition) is 3. The van der Waals surface area contributed by atoms with Crippen LogP contribution in [-0.4, -0.2) is 19.3 Å². The average Bonchev–Trinajstić information content (AvgIpc) is 3.22. The Hall–Kier alpha value is -3.17. The summed E-state index contributed by atoms with van der Waals surface area (Å²) in [4.78, 5) is 26.0. The smallest absolute Gasteiger partial charge is 0.251 e. The minimum atomic E-state index is -3.75. The number of H-pyrrole nitrogens is 1. The molecule has 2 heterocycles. The van der Waals surface area contributed by atoms with Crippen LogP contribution < -0.4 is 15.6 Å². The van der Waals surface area contributed by atoms with E-state index in [0.29, 0.717) is 17.2 Å². The van der Waals surface area contributed by atoms with Crippen LogP contribution in [-0.2, 0) is 34.2 Å². The number of nitrogens with one attached hydrogen (secondary N) is 3. The molecule has 2 aromatic heterocycles. The van der Waals surface area contributed by atoms with Gasteiger partial charge in [0.05, 0.1) is 11.4 Å². The van der Waals surface area contributed by atoms with Gasteiger partial charge in [-0.15, -0.1) is 0 Å². The van der Waals surface area contributed by atoms with E-state index < -0.39 is 10.0 Å². The highest BCUT2D eigenvalue weighted by molar-refractivity contribution is 7.89. The van der Waals surface area contributed by atoms with Crippen LogP contribution in [0.25, 0.3) is 11.3 Å². The van der Waals surface area contributed by atoms with Gasteiger partial charge in [0, 0.05) is 29.9 Å². The number of carbonyl (C=O) groups is 1. The molecule has 0 radical (unpaired) electrons. The van der Waals surface area contributed by atoms with Gasteiger partial charge in [-0.2, -0.15) is 0 Å². The summed E-state index contributed by atoms with van der Waals surface area (Å²) in [5.41, 5.74) is 3.13. The van der Waals surface area contributed by atoms with Crippen LogP contribution in [0.5, 0.6) is 0 Å². The number of hydrogen-bond acceptors (Lipinski definition) is 5. The molecular weight excluding hydrogens is 418 g/mol. The Bertz CT molecular complexity index is 1270. The molecule has 162 valence electrons. The van der Waals surface area contributed by atoms with Crippen LogP contribution in [0, 0.1) is 0 Å². The number of sulfonamides is 1. The molecule has 31 heavy (non-hydrogen) atoms. The fourth-order valence-corrected chi connectivity index (χ4v) is 4.77. The van der Waals surface area contributed by atoms with Gasteiger partial charge in [-0.1, -0.05) is 0 Å². The van der Waals surface area contributed by atoms with Crippen LogP contribution in [0.1, 0.15) is 36.7 Å². The molecule has 1 aliphatic rings. The molecular formula is C22H23N3O5S. The predicted molar refractivity (Wildman–Crippen MR) is 116 cm³/mol. The van der Waals surface area contributed by atoms with E-state index >= 15 is 0 Å². The van der Waals surface area contributed by atoms with Crippen molar-refractivity contribution in [1.82, 2.24) is 9.71 Å². The molecule has 0 spiro atoms. The third-order valence-corrected chi connectivity index (χ3v) is 6.68. The van der Waals surface area contributed by atoms with E-state index in [-0.39, 0.29) is 22.9 Å². The topological polar surface area (TPSA) is 121 Å². The van der Waals surface area contributed by atoms with E-state index in [0.717, 1.165) is 42.4 Å². The highest BCUT2D eigenvalue weighted by atomic mass is 32.2. The number of benzene rings is 1. The summed E-state index contributed by atoms with van der Waals surface area (Å²) in [6.45, 7) is 1.37. The van der Waals surface area contributed by atoms with E-state index in [2.05, 4.69) is 15.0 Å². The Balaban J connectivity index is 1.49. The van der Waals surface area contributed by atoms with Gasteiger partial charge in [-0.25, -0.2) is 13.1 Å². The van der Waals surface area contributed by atoms with Gasteiger partial charge in [-0.05, 0) is 67.6 Å². The van der Waals surface area contributed by atoms with Crippen molar-refractivity contribution in [3.63, 3.8) is 0 Å². The quantitative estimate of drug-likeness (QED) is 0.543. The van der Waals surface area contributed by atoms with E-state index in [9.17, 15) is 18.0 Å². The van der Waals surface area contributed by atoms with E-state index in [4.69, 9.17) is 4.42 Å². The van der Waals surface area contributed by atoms with Gasteiger partial charge < -0.3 is 14.7 Å². The largest absolute Gasteiger partial charge is 0.460 e. The zero-order valence-electron chi connectivity index (χ0n) is 17.0. The zero-order valence-corrected chi connectivity index (χ0v) is 17.8. The van der Waals surface area contributed by atoms with Gasteiger partial charge in [0.25, 0.3) is 5.56 Å². The normalized spacial score (nSPS) is 13.6. The Labute approximate surface area is 179 Å². The minimum Gasteiger partial charge on any atom is -0.460 e. The monoisotopic (exact) mass is 441 g/mol. The maximum absolute atomic E-state index is 12.6. The van der Waals surface area contributed by atoms with Crippen molar-refractivity contribution in [2.45, 2.75) is 44.0 Å². The first-order chi connectivity index (χ1) is 14.8. The number of carbonyl (C=O) groups excluding carboxylic acids is 1. The first-order valence-corrected chi connectivity index (χ1v) is 11.5. The molecule has 1 aliphatic carbocycles. The third kappa shape index (κ3) is 4.62. The maximum atomic E-state index is 12.6. The molecule has 0 bridgehead atoms. The van der Waals surface area contributed by atoms with Crippen molar-refractivity contribution in [2.75, 3.05) is 5.32 Å². The van der Waals surface area contributed by atoms with Gasteiger partial charge in [0.15, 0.2) is 0 Å². The summed E-state index contributed by atoms with van der Waals surface area (Å²) >= 11 is 0. The van der Waals surface area contributed by atoms with Crippen molar-refractivity contribution in [1.29, 1.82) is 0 Å². The molecule has 1 amide bonds. The van der Waals surface area contributed by atoms with Crippen molar-refractivity contribution < 1.29 is 17.6 Å². The lowest BCUT2D eigenvalue weighted by Crippen LogP contribution is -2.23. The van der Waals surface area contributed by atoms with Crippen LogP contribution >= 0.6 is 0 Å². The first-order valence-electron chi connectivity index (χ1n) is 10.0. The van der Waals surface area contributed by atoms with Crippen LogP contribution in [0.15, 0.2) is 56.7 Å². The third-order valence-electron chi connectivity index (χ3n) is 5.26. The molecule has 0 aliphatic heterocycles. The summed E-state index contributed by atoms with van der Waals surface area (Å²) < 4.78 is 33.5. The average molecular weight is 442 g/mol. The molecule has 3 N–H and O–H groups in total. The number of pyridine rings is 1. The molecule has 0 saturated heterocycles. The van der Waals surface area contributed by atoms with Gasteiger partial charge >= 0.3 is 0 Å². The second kappa shape index (κ2) is 8.52. The Morgan fingerprint density at radius 3 is 2.48 bits per heavy atom. The molecule has 9 heteroatoms. The molecule has 0 fully saturated rings. The van der Waals surface area contributed by atoms with Crippen LogP contribution in [0.3, 0.4) is 0 Å². The number of fused-ring (bicyclic) bond motifs is 1. The summed E-state index contributed by atoms with van der Waals surface area (Å²) in [7, 11) is -3.75. The fourth-order valence-electron chi connectivity index (χ4n) is 3.77. The molecule has 0 atom stereocenters. The lowest BCUT2D eigenvalue weighted by Gasteiger charge is -2.17. The second-order valence-corrected chi connectivity index (χ2v) is 9.26. The Morgan fingerprint density at radius 2 is 1.77 bits per heavy atom. The van der Waals surface area contributed by atoms with Gasteiger partial charge in [0.1, 0.15) is 11.5 Å². The second-order valence-electron chi connectivity index (χ2n) is 7.49. The lowest BCUT2D eigenvalue weighted by molar-refractivity contribution is -0.114. The molecule has 1 aromatic carbocycles. The number of aromatic nitrogens is 1. The highest BCUT2D eigenvalue weighted by Gasteiger charge is 2.20. The minimum absolute atomic E-state index is 0.0126. The van der Waals surface area contributed by atoms with Crippen molar-refractivity contribution in [2.24, 2.45) is 0 Å². The number of rotatable bonds is 6. The Kier molecular flexibility index (Phi) is 5.79. The predicted octanol–water partition coefficient (Wildman–Crippen LogP) is 2.95. The van der Waals surface area contributed by atoms with Gasteiger partial charge in [0.2, 0.25) is 15.9 Å². The maximum Gasteiger partial charge on any atom is 0.251 e. The molecule has 0 unspecified atom stereocenters. The van der Waals surface area contributed by atoms with E-state index in [1.807, 2.05) is 0 Å². The summed E-state index contributed by atoms with van der Waals surface area (Å²) in [6.07, 6.45) is 5.27.